The smallest absolute Gasteiger partial charge is 0.241 e. The third-order valence-electron chi connectivity index (χ3n) is 5.55. The number of nitrogens with zero attached hydrogens (tertiary/aromatic N) is 2. The molecule has 4 rings (SSSR count). The fraction of sp³-hybridized carbons (Fsp3) is 0.381. The SMILES string of the molecule is CCc1ccc(N2C(=O)CN(Cc3ccccc3)[C@H]3CS(=O)(=O)C[C@H]32)cc1. The van der Waals surface area contributed by atoms with Gasteiger partial charge in [0, 0.05) is 18.3 Å². The summed E-state index contributed by atoms with van der Waals surface area (Å²) in [5, 5.41) is 0. The molecule has 27 heavy (non-hydrogen) atoms. The number of aryl methyl sites for hydroxylation is 1. The van der Waals surface area contributed by atoms with Crippen molar-refractivity contribution in [3.63, 3.8) is 0 Å². The van der Waals surface area contributed by atoms with Gasteiger partial charge in [0.05, 0.1) is 24.1 Å². The van der Waals surface area contributed by atoms with Gasteiger partial charge in [-0.25, -0.2) is 8.42 Å². The molecule has 6 heteroatoms. The number of rotatable bonds is 4. The van der Waals surface area contributed by atoms with Crippen LogP contribution in [0.3, 0.4) is 0 Å². The van der Waals surface area contributed by atoms with Crippen LogP contribution in [0.2, 0.25) is 0 Å². The number of benzene rings is 2. The van der Waals surface area contributed by atoms with E-state index in [1.165, 1.54) is 5.56 Å². The van der Waals surface area contributed by atoms with E-state index >= 15 is 0 Å². The molecule has 0 bridgehead atoms. The highest BCUT2D eigenvalue weighted by atomic mass is 32.2. The van der Waals surface area contributed by atoms with Gasteiger partial charge in [-0.15, -0.1) is 0 Å². The van der Waals surface area contributed by atoms with Crippen LogP contribution in [-0.4, -0.2) is 49.4 Å². The summed E-state index contributed by atoms with van der Waals surface area (Å²) in [6, 6.07) is 17.3. The summed E-state index contributed by atoms with van der Waals surface area (Å²) in [7, 11) is -3.17. The Hall–Kier alpha value is -2.18. The monoisotopic (exact) mass is 384 g/mol. The van der Waals surface area contributed by atoms with Gasteiger partial charge in [-0.2, -0.15) is 0 Å². The maximum absolute atomic E-state index is 13.0. The Labute approximate surface area is 160 Å². The molecule has 2 aromatic carbocycles. The van der Waals surface area contributed by atoms with E-state index in [0.717, 1.165) is 17.7 Å². The van der Waals surface area contributed by atoms with Gasteiger partial charge in [-0.1, -0.05) is 49.4 Å². The van der Waals surface area contributed by atoms with Gasteiger partial charge in [0.1, 0.15) is 0 Å². The molecule has 2 aliphatic rings. The van der Waals surface area contributed by atoms with E-state index in [-0.39, 0.29) is 36.0 Å². The van der Waals surface area contributed by atoms with Gasteiger partial charge < -0.3 is 4.90 Å². The lowest BCUT2D eigenvalue weighted by atomic mass is 10.0. The molecule has 0 N–H and O–H groups in total. The molecule has 0 spiro atoms. The molecule has 0 radical (unpaired) electrons. The van der Waals surface area contributed by atoms with E-state index in [4.69, 9.17) is 0 Å². The van der Waals surface area contributed by atoms with Crippen molar-refractivity contribution in [3.05, 3.63) is 65.7 Å². The summed E-state index contributed by atoms with van der Waals surface area (Å²) in [4.78, 5) is 16.7. The van der Waals surface area contributed by atoms with E-state index in [2.05, 4.69) is 6.92 Å². The van der Waals surface area contributed by atoms with Gasteiger partial charge in [0.25, 0.3) is 0 Å². The first-order valence-electron chi connectivity index (χ1n) is 9.36. The first-order chi connectivity index (χ1) is 13.0. The minimum Gasteiger partial charge on any atom is -0.306 e. The Morgan fingerprint density at radius 3 is 2.26 bits per heavy atom. The Balaban J connectivity index is 1.65. The molecule has 0 unspecified atom stereocenters. The predicted octanol–water partition coefficient (Wildman–Crippen LogP) is 2.26. The van der Waals surface area contributed by atoms with Crippen LogP contribution in [0, 0.1) is 0 Å². The number of amides is 1. The van der Waals surface area contributed by atoms with Crippen LogP contribution in [0.1, 0.15) is 18.1 Å². The summed E-state index contributed by atoms with van der Waals surface area (Å²) in [6.45, 7) is 2.91. The van der Waals surface area contributed by atoms with E-state index in [0.29, 0.717) is 6.54 Å². The van der Waals surface area contributed by atoms with Crippen molar-refractivity contribution in [1.29, 1.82) is 0 Å². The van der Waals surface area contributed by atoms with Crippen molar-refractivity contribution < 1.29 is 13.2 Å². The maximum Gasteiger partial charge on any atom is 0.241 e. The van der Waals surface area contributed by atoms with E-state index in [1.54, 1.807) is 4.90 Å². The number of anilines is 1. The van der Waals surface area contributed by atoms with E-state index < -0.39 is 9.84 Å². The van der Waals surface area contributed by atoms with Crippen LogP contribution in [-0.2, 0) is 27.6 Å². The Morgan fingerprint density at radius 1 is 0.926 bits per heavy atom. The maximum atomic E-state index is 13.0. The van der Waals surface area contributed by atoms with Crippen LogP contribution in [0.4, 0.5) is 5.69 Å². The first kappa shape index (κ1) is 18.2. The molecule has 0 aromatic heterocycles. The number of sulfone groups is 1. The number of hydrogen-bond donors (Lipinski definition) is 0. The molecule has 2 aliphatic heterocycles. The van der Waals surface area contributed by atoms with Crippen LogP contribution >= 0.6 is 0 Å². The Bertz CT molecular complexity index is 926. The lowest BCUT2D eigenvalue weighted by Crippen LogP contribution is -2.61. The van der Waals surface area contributed by atoms with Gasteiger partial charge in [0.2, 0.25) is 5.91 Å². The number of hydrogen-bond acceptors (Lipinski definition) is 4. The largest absolute Gasteiger partial charge is 0.306 e. The highest BCUT2D eigenvalue weighted by Gasteiger charge is 2.49. The summed E-state index contributed by atoms with van der Waals surface area (Å²) in [5.41, 5.74) is 3.09. The molecule has 142 valence electrons. The lowest BCUT2D eigenvalue weighted by Gasteiger charge is -2.43. The highest BCUT2D eigenvalue weighted by molar-refractivity contribution is 7.91. The van der Waals surface area contributed by atoms with Crippen LogP contribution in [0.15, 0.2) is 54.6 Å². The third-order valence-corrected chi connectivity index (χ3v) is 7.25. The van der Waals surface area contributed by atoms with Crippen molar-refractivity contribution in [2.24, 2.45) is 0 Å². The molecule has 5 nitrogen and oxygen atoms in total. The van der Waals surface area contributed by atoms with Crippen molar-refractivity contribution >= 4 is 21.4 Å². The molecule has 2 saturated heterocycles. The third kappa shape index (κ3) is 3.64. The highest BCUT2D eigenvalue weighted by Crippen LogP contribution is 2.32. The molecule has 0 aliphatic carbocycles. The Morgan fingerprint density at radius 2 is 1.59 bits per heavy atom. The molecule has 0 saturated carbocycles. The molecule has 2 heterocycles. The minimum atomic E-state index is -3.17. The first-order valence-corrected chi connectivity index (χ1v) is 11.2. The van der Waals surface area contributed by atoms with Gasteiger partial charge in [0.15, 0.2) is 9.84 Å². The zero-order valence-electron chi connectivity index (χ0n) is 15.4. The van der Waals surface area contributed by atoms with Crippen molar-refractivity contribution in [2.75, 3.05) is 23.0 Å². The topological polar surface area (TPSA) is 57.7 Å². The number of fused-ring (bicyclic) bond motifs is 1. The lowest BCUT2D eigenvalue weighted by molar-refractivity contribution is -0.123. The Kier molecular flexibility index (Phi) is 4.78. The standard InChI is InChI=1S/C21H24N2O3S/c1-2-16-8-10-18(11-9-16)23-20-15-27(25,26)14-19(20)22(13-21(23)24)12-17-6-4-3-5-7-17/h3-11,19-20H,2,12-15H2,1H3/t19-,20+/m0/s1. The van der Waals surface area contributed by atoms with Gasteiger partial charge >= 0.3 is 0 Å². The van der Waals surface area contributed by atoms with Crippen molar-refractivity contribution in [1.82, 2.24) is 4.90 Å². The van der Waals surface area contributed by atoms with Crippen LogP contribution in [0.5, 0.6) is 0 Å². The normalized spacial score (nSPS) is 24.8. The average Bonchev–Trinajstić information content (AvgIpc) is 2.98. The zero-order valence-corrected chi connectivity index (χ0v) is 16.2. The molecule has 2 aromatic rings. The zero-order chi connectivity index (χ0) is 19.0. The average molecular weight is 385 g/mol. The molecular formula is C21H24N2O3S. The van der Waals surface area contributed by atoms with E-state index in [9.17, 15) is 13.2 Å². The molecule has 2 atom stereocenters. The number of carbonyl (C=O) groups is 1. The summed E-state index contributed by atoms with van der Waals surface area (Å²) < 4.78 is 24.8. The molecular weight excluding hydrogens is 360 g/mol. The summed E-state index contributed by atoms with van der Waals surface area (Å²) >= 11 is 0. The van der Waals surface area contributed by atoms with Gasteiger partial charge in [-0.3, -0.25) is 9.69 Å². The number of piperazine rings is 1. The van der Waals surface area contributed by atoms with Crippen molar-refractivity contribution in [3.8, 4) is 0 Å². The second-order valence-corrected chi connectivity index (χ2v) is 9.54. The minimum absolute atomic E-state index is 0.0320. The second-order valence-electron chi connectivity index (χ2n) is 7.39. The second kappa shape index (κ2) is 7.09. The number of carbonyl (C=O) groups excluding carboxylic acids is 1. The molecule has 1 amide bonds. The van der Waals surface area contributed by atoms with E-state index in [1.807, 2.05) is 59.5 Å². The van der Waals surface area contributed by atoms with Crippen molar-refractivity contribution in [2.45, 2.75) is 32.0 Å². The summed E-state index contributed by atoms with van der Waals surface area (Å²) in [6.07, 6.45) is 0.930. The predicted molar refractivity (Wildman–Crippen MR) is 106 cm³/mol. The van der Waals surface area contributed by atoms with Crippen LogP contribution in [0.25, 0.3) is 0 Å². The fourth-order valence-electron chi connectivity index (χ4n) is 4.18. The van der Waals surface area contributed by atoms with Gasteiger partial charge in [-0.05, 0) is 29.7 Å². The van der Waals surface area contributed by atoms with Crippen LogP contribution < -0.4 is 4.90 Å². The summed E-state index contributed by atoms with van der Waals surface area (Å²) in [5.74, 6) is 0.111. The molecule has 2 fully saturated rings. The quantitative estimate of drug-likeness (QED) is 0.811. The fourth-order valence-corrected chi connectivity index (χ4v) is 6.16.